The fraction of sp³-hybridized carbons (Fsp3) is 0.412. The van der Waals surface area contributed by atoms with Gasteiger partial charge in [-0.3, -0.25) is 4.68 Å². The zero-order valence-electron chi connectivity index (χ0n) is 15.1. The van der Waals surface area contributed by atoms with Crippen LogP contribution in [0.3, 0.4) is 0 Å². The molecule has 1 atom stereocenters. The van der Waals surface area contributed by atoms with E-state index in [1.807, 2.05) is 13.8 Å². The minimum atomic E-state index is -3.75. The third-order valence-corrected chi connectivity index (χ3v) is 5.92. The summed E-state index contributed by atoms with van der Waals surface area (Å²) < 4.78 is 27.9. The van der Waals surface area contributed by atoms with E-state index in [4.69, 9.17) is 10.8 Å². The zero-order chi connectivity index (χ0) is 19.5. The number of hydrogen-bond donors (Lipinski definition) is 3. The van der Waals surface area contributed by atoms with E-state index in [9.17, 15) is 13.2 Å². The van der Waals surface area contributed by atoms with Gasteiger partial charge in [0.25, 0.3) is 0 Å². The second kappa shape index (κ2) is 7.77. The average Bonchev–Trinajstić information content (AvgIpc) is 2.92. The highest BCUT2D eigenvalue weighted by molar-refractivity contribution is 7.91. The lowest BCUT2D eigenvalue weighted by Gasteiger charge is -2.14. The van der Waals surface area contributed by atoms with Gasteiger partial charge in [0, 0.05) is 11.7 Å². The Labute approximate surface area is 152 Å². The lowest BCUT2D eigenvalue weighted by atomic mass is 10.2. The first kappa shape index (κ1) is 19.8. The van der Waals surface area contributed by atoms with Gasteiger partial charge in [-0.05, 0) is 44.0 Å². The maximum atomic E-state index is 13.2. The third kappa shape index (κ3) is 3.98. The van der Waals surface area contributed by atoms with E-state index < -0.39 is 22.0 Å². The Balaban J connectivity index is 2.54. The summed E-state index contributed by atoms with van der Waals surface area (Å²) in [5.41, 5.74) is 7.18. The van der Waals surface area contributed by atoms with Crippen molar-refractivity contribution in [1.29, 1.82) is 0 Å². The fourth-order valence-electron chi connectivity index (χ4n) is 2.85. The topological polar surface area (TPSA) is 127 Å². The summed E-state index contributed by atoms with van der Waals surface area (Å²) in [4.78, 5) is 11.2. The van der Waals surface area contributed by atoms with E-state index in [2.05, 4.69) is 10.4 Å². The number of benzene rings is 1. The molecule has 0 bridgehead atoms. The van der Waals surface area contributed by atoms with Gasteiger partial charge in [0.1, 0.15) is 4.90 Å². The molecule has 0 spiro atoms. The van der Waals surface area contributed by atoms with Crippen LogP contribution in [0.5, 0.6) is 0 Å². The van der Waals surface area contributed by atoms with Gasteiger partial charge in [-0.15, -0.1) is 0 Å². The quantitative estimate of drug-likeness (QED) is 0.631. The number of anilines is 1. The maximum absolute atomic E-state index is 13.2. The van der Waals surface area contributed by atoms with Crippen molar-refractivity contribution in [2.24, 2.45) is 0 Å². The van der Waals surface area contributed by atoms with Crippen molar-refractivity contribution in [2.75, 3.05) is 5.73 Å². The molecule has 1 amide bonds. The Morgan fingerprint density at radius 3 is 2.38 bits per heavy atom. The standard InChI is InChI=1S/C17H24N4O4S/c1-4-14-16(26(24,25)13-8-6-12(18)7-9-13)15(5-2)21(20-14)10-11(3)19-17(22)23/h6-9,11,19H,4-5,10,18H2,1-3H3,(H,22,23)/t11-/m0/s1. The monoisotopic (exact) mass is 380 g/mol. The molecule has 0 saturated heterocycles. The van der Waals surface area contributed by atoms with Gasteiger partial charge in [0.2, 0.25) is 9.84 Å². The fourth-order valence-corrected chi connectivity index (χ4v) is 4.64. The predicted octanol–water partition coefficient (Wildman–Crippen LogP) is 2.08. The Bertz CT molecular complexity index is 888. The van der Waals surface area contributed by atoms with Crippen LogP contribution in [0.1, 0.15) is 32.2 Å². The normalized spacial score (nSPS) is 12.7. The minimum Gasteiger partial charge on any atom is -0.465 e. The molecule has 1 aromatic carbocycles. The van der Waals surface area contributed by atoms with E-state index in [1.54, 1.807) is 23.7 Å². The van der Waals surface area contributed by atoms with Gasteiger partial charge < -0.3 is 16.2 Å². The Morgan fingerprint density at radius 2 is 1.88 bits per heavy atom. The zero-order valence-corrected chi connectivity index (χ0v) is 15.9. The molecule has 9 heteroatoms. The number of sulfone groups is 1. The highest BCUT2D eigenvalue weighted by Gasteiger charge is 2.29. The molecule has 0 fully saturated rings. The Kier molecular flexibility index (Phi) is 5.91. The third-order valence-electron chi connectivity index (χ3n) is 4.02. The maximum Gasteiger partial charge on any atom is 0.404 e. The minimum absolute atomic E-state index is 0.160. The first-order valence-electron chi connectivity index (χ1n) is 8.39. The molecular formula is C17H24N4O4S. The molecule has 0 saturated carbocycles. The number of nitrogens with one attached hydrogen (secondary N) is 1. The lowest BCUT2D eigenvalue weighted by molar-refractivity contribution is 0.189. The molecule has 0 aliphatic rings. The average molecular weight is 380 g/mol. The van der Waals surface area contributed by atoms with Crippen LogP contribution in [0.2, 0.25) is 0 Å². The molecule has 0 radical (unpaired) electrons. The van der Waals surface area contributed by atoms with Crippen LogP contribution in [0.25, 0.3) is 0 Å². The summed E-state index contributed by atoms with van der Waals surface area (Å²) in [6.07, 6.45) is -0.228. The van der Waals surface area contributed by atoms with Crippen LogP contribution in [-0.2, 0) is 29.2 Å². The summed E-state index contributed by atoms with van der Waals surface area (Å²) in [6, 6.07) is 5.65. The van der Waals surface area contributed by atoms with E-state index >= 15 is 0 Å². The number of nitrogens with zero attached hydrogens (tertiary/aromatic N) is 2. The highest BCUT2D eigenvalue weighted by atomic mass is 32.2. The van der Waals surface area contributed by atoms with Crippen molar-refractivity contribution in [2.45, 2.75) is 56.0 Å². The molecule has 1 heterocycles. The lowest BCUT2D eigenvalue weighted by Crippen LogP contribution is -2.35. The molecule has 0 unspecified atom stereocenters. The van der Waals surface area contributed by atoms with Gasteiger partial charge in [-0.2, -0.15) is 5.10 Å². The van der Waals surface area contributed by atoms with Crippen molar-refractivity contribution >= 4 is 21.6 Å². The van der Waals surface area contributed by atoms with Crippen molar-refractivity contribution in [3.05, 3.63) is 35.7 Å². The van der Waals surface area contributed by atoms with Crippen LogP contribution < -0.4 is 11.1 Å². The van der Waals surface area contributed by atoms with Crippen molar-refractivity contribution < 1.29 is 18.3 Å². The number of hydrogen-bond acceptors (Lipinski definition) is 5. The number of carbonyl (C=O) groups is 1. The number of carboxylic acid groups (broad SMARTS) is 1. The Hall–Kier alpha value is -2.55. The summed E-state index contributed by atoms with van der Waals surface area (Å²) in [7, 11) is -3.75. The van der Waals surface area contributed by atoms with Gasteiger partial charge in [-0.1, -0.05) is 13.8 Å². The first-order valence-corrected chi connectivity index (χ1v) is 9.87. The molecule has 142 valence electrons. The molecule has 2 aromatic rings. The number of rotatable bonds is 7. The van der Waals surface area contributed by atoms with E-state index in [1.165, 1.54) is 12.1 Å². The smallest absolute Gasteiger partial charge is 0.404 e. The van der Waals surface area contributed by atoms with E-state index in [0.29, 0.717) is 29.9 Å². The number of aromatic nitrogens is 2. The highest BCUT2D eigenvalue weighted by Crippen LogP contribution is 2.29. The van der Waals surface area contributed by atoms with E-state index in [-0.39, 0.29) is 16.3 Å². The van der Waals surface area contributed by atoms with E-state index in [0.717, 1.165) is 0 Å². The second-order valence-electron chi connectivity index (χ2n) is 6.03. The Morgan fingerprint density at radius 1 is 1.27 bits per heavy atom. The van der Waals surface area contributed by atoms with Crippen LogP contribution in [0.4, 0.5) is 10.5 Å². The van der Waals surface area contributed by atoms with Crippen molar-refractivity contribution in [3.63, 3.8) is 0 Å². The number of nitrogen functional groups attached to an aromatic ring is 1. The molecule has 0 aliphatic heterocycles. The van der Waals surface area contributed by atoms with Gasteiger partial charge in [0.15, 0.2) is 0 Å². The number of aryl methyl sites for hydroxylation is 1. The molecular weight excluding hydrogens is 356 g/mol. The van der Waals surface area contributed by atoms with Crippen LogP contribution >= 0.6 is 0 Å². The predicted molar refractivity (Wildman–Crippen MR) is 97.9 cm³/mol. The molecule has 1 aromatic heterocycles. The largest absolute Gasteiger partial charge is 0.465 e. The van der Waals surface area contributed by atoms with Crippen molar-refractivity contribution in [3.8, 4) is 0 Å². The SMILES string of the molecule is CCc1nn(C[C@H](C)NC(=O)O)c(CC)c1S(=O)(=O)c1ccc(N)cc1. The van der Waals surface area contributed by atoms with Gasteiger partial charge in [0.05, 0.1) is 22.8 Å². The van der Waals surface area contributed by atoms with Gasteiger partial charge in [-0.25, -0.2) is 13.2 Å². The molecule has 2 rings (SSSR count). The van der Waals surface area contributed by atoms with Crippen LogP contribution in [-0.4, -0.2) is 35.4 Å². The number of nitrogens with two attached hydrogens (primary N) is 1. The first-order chi connectivity index (χ1) is 12.2. The molecule has 8 nitrogen and oxygen atoms in total. The number of amides is 1. The summed E-state index contributed by atoms with van der Waals surface area (Å²) in [5.74, 6) is 0. The summed E-state index contributed by atoms with van der Waals surface area (Å²) in [6.45, 7) is 5.64. The molecule has 0 aliphatic carbocycles. The van der Waals surface area contributed by atoms with Crippen LogP contribution in [0, 0.1) is 0 Å². The second-order valence-corrected chi connectivity index (χ2v) is 7.92. The van der Waals surface area contributed by atoms with Gasteiger partial charge >= 0.3 is 6.09 Å². The van der Waals surface area contributed by atoms with Crippen LogP contribution in [0.15, 0.2) is 34.1 Å². The van der Waals surface area contributed by atoms with Crippen molar-refractivity contribution in [1.82, 2.24) is 15.1 Å². The molecule has 26 heavy (non-hydrogen) atoms. The molecule has 4 N–H and O–H groups in total. The summed E-state index contributed by atoms with van der Waals surface area (Å²) in [5, 5.41) is 15.6. The summed E-state index contributed by atoms with van der Waals surface area (Å²) >= 11 is 0.